The second-order valence-electron chi connectivity index (χ2n) is 4.94. The van der Waals surface area contributed by atoms with Gasteiger partial charge in [-0.25, -0.2) is 8.42 Å². The van der Waals surface area contributed by atoms with Crippen molar-refractivity contribution in [2.75, 3.05) is 23.0 Å². The summed E-state index contributed by atoms with van der Waals surface area (Å²) in [6, 6.07) is 8.40. The summed E-state index contributed by atoms with van der Waals surface area (Å²) in [6.07, 6.45) is 0.392. The van der Waals surface area contributed by atoms with Gasteiger partial charge in [-0.3, -0.25) is 9.59 Å². The minimum absolute atomic E-state index is 0.0618. The van der Waals surface area contributed by atoms with Gasteiger partial charge in [0, 0.05) is 12.6 Å². The summed E-state index contributed by atoms with van der Waals surface area (Å²) in [7, 11) is -3.11. The summed E-state index contributed by atoms with van der Waals surface area (Å²) in [5.74, 6) is -0.955. The summed E-state index contributed by atoms with van der Waals surface area (Å²) in [4.78, 5) is 24.6. The standard InChI is InChI=1S/C14H17NO5S/c1-11(16)20-9-14(17)15(12-5-3-2-4-6-12)13-7-8-21(18,19)10-13/h2-6,13H,7-10H2,1H3/t13-/m0/s1. The molecule has 0 radical (unpaired) electrons. The van der Waals surface area contributed by atoms with Crippen molar-refractivity contribution in [1.29, 1.82) is 0 Å². The molecule has 1 heterocycles. The van der Waals surface area contributed by atoms with Crippen molar-refractivity contribution in [2.24, 2.45) is 0 Å². The zero-order chi connectivity index (χ0) is 15.5. The molecule has 0 aromatic heterocycles. The van der Waals surface area contributed by atoms with Gasteiger partial charge in [0.1, 0.15) is 0 Å². The Hall–Kier alpha value is -1.89. The topological polar surface area (TPSA) is 80.8 Å². The minimum Gasteiger partial charge on any atom is -0.456 e. The molecule has 0 N–H and O–H groups in total. The SMILES string of the molecule is CC(=O)OCC(=O)N(c1ccccc1)[C@H]1CCS(=O)(=O)C1. The molecule has 7 heteroatoms. The maximum Gasteiger partial charge on any atom is 0.303 e. The third-order valence-corrected chi connectivity index (χ3v) is 5.03. The first-order valence-electron chi connectivity index (χ1n) is 6.60. The van der Waals surface area contributed by atoms with Crippen LogP contribution in [0, 0.1) is 0 Å². The van der Waals surface area contributed by atoms with Crippen LogP contribution in [0.2, 0.25) is 0 Å². The molecule has 1 aromatic carbocycles. The summed E-state index contributed by atoms with van der Waals surface area (Å²) in [5.41, 5.74) is 0.608. The fourth-order valence-corrected chi connectivity index (χ4v) is 4.06. The van der Waals surface area contributed by atoms with Gasteiger partial charge in [0.2, 0.25) is 0 Å². The van der Waals surface area contributed by atoms with Crippen LogP contribution in [0.25, 0.3) is 0 Å². The van der Waals surface area contributed by atoms with E-state index in [2.05, 4.69) is 0 Å². The summed E-state index contributed by atoms with van der Waals surface area (Å²) < 4.78 is 28.0. The fraction of sp³-hybridized carbons (Fsp3) is 0.429. The van der Waals surface area contributed by atoms with E-state index in [1.54, 1.807) is 24.3 Å². The van der Waals surface area contributed by atoms with E-state index in [0.717, 1.165) is 0 Å². The van der Waals surface area contributed by atoms with Gasteiger partial charge in [-0.15, -0.1) is 0 Å². The Bertz CT molecular complexity index is 626. The van der Waals surface area contributed by atoms with Gasteiger partial charge < -0.3 is 9.64 Å². The number of anilines is 1. The lowest BCUT2D eigenvalue weighted by molar-refractivity contribution is -0.145. The van der Waals surface area contributed by atoms with E-state index in [1.165, 1.54) is 11.8 Å². The molecule has 1 aromatic rings. The smallest absolute Gasteiger partial charge is 0.303 e. The number of esters is 1. The molecule has 0 aliphatic carbocycles. The van der Waals surface area contributed by atoms with Crippen molar-refractivity contribution in [3.05, 3.63) is 30.3 Å². The van der Waals surface area contributed by atoms with Crippen LogP contribution in [0.4, 0.5) is 5.69 Å². The highest BCUT2D eigenvalue weighted by Gasteiger charge is 2.35. The van der Waals surface area contributed by atoms with Gasteiger partial charge in [-0.1, -0.05) is 18.2 Å². The van der Waals surface area contributed by atoms with Crippen molar-refractivity contribution >= 4 is 27.4 Å². The number of sulfone groups is 1. The average Bonchev–Trinajstić information content (AvgIpc) is 2.78. The first kappa shape index (κ1) is 15.5. The number of ether oxygens (including phenoxy) is 1. The lowest BCUT2D eigenvalue weighted by Gasteiger charge is -2.28. The molecule has 6 nitrogen and oxygen atoms in total. The molecule has 0 unspecified atom stereocenters. The maximum atomic E-state index is 12.3. The Balaban J connectivity index is 2.23. The maximum absolute atomic E-state index is 12.3. The van der Waals surface area contributed by atoms with Crippen LogP contribution in [-0.2, 0) is 24.2 Å². The number of hydrogen-bond donors (Lipinski definition) is 0. The predicted octanol–water partition coefficient (Wildman–Crippen LogP) is 0.770. The highest BCUT2D eigenvalue weighted by molar-refractivity contribution is 7.91. The van der Waals surface area contributed by atoms with Gasteiger partial charge in [-0.2, -0.15) is 0 Å². The number of amides is 1. The Morgan fingerprint density at radius 2 is 1.95 bits per heavy atom. The van der Waals surface area contributed by atoms with E-state index < -0.39 is 27.8 Å². The normalized spacial score (nSPS) is 20.0. The van der Waals surface area contributed by atoms with Crippen LogP contribution in [0.15, 0.2) is 30.3 Å². The highest BCUT2D eigenvalue weighted by Crippen LogP contribution is 2.24. The first-order valence-corrected chi connectivity index (χ1v) is 8.42. The molecule has 21 heavy (non-hydrogen) atoms. The van der Waals surface area contributed by atoms with Gasteiger partial charge >= 0.3 is 5.97 Å². The Kier molecular flexibility index (Phi) is 4.62. The zero-order valence-electron chi connectivity index (χ0n) is 11.7. The fourth-order valence-electron chi connectivity index (χ4n) is 2.36. The number of nitrogens with zero attached hydrogens (tertiary/aromatic N) is 1. The van der Waals surface area contributed by atoms with Gasteiger partial charge in [-0.05, 0) is 18.6 Å². The van der Waals surface area contributed by atoms with Gasteiger partial charge in [0.05, 0.1) is 17.5 Å². The number of benzene rings is 1. The lowest BCUT2D eigenvalue weighted by atomic mass is 10.2. The minimum atomic E-state index is -3.11. The van der Waals surface area contributed by atoms with Crippen LogP contribution < -0.4 is 4.90 Å². The summed E-state index contributed by atoms with van der Waals surface area (Å²) in [6.45, 7) is 0.834. The molecule has 1 saturated heterocycles. The van der Waals surface area contributed by atoms with E-state index >= 15 is 0 Å². The predicted molar refractivity (Wildman–Crippen MR) is 77.6 cm³/mol. The summed E-state index contributed by atoms with van der Waals surface area (Å²) in [5, 5.41) is 0. The number of para-hydroxylation sites is 1. The third-order valence-electron chi connectivity index (χ3n) is 3.28. The van der Waals surface area contributed by atoms with Crippen molar-refractivity contribution in [2.45, 2.75) is 19.4 Å². The average molecular weight is 311 g/mol. The molecule has 114 valence electrons. The molecule has 1 atom stereocenters. The van der Waals surface area contributed by atoms with Crippen LogP contribution in [0.3, 0.4) is 0 Å². The number of rotatable bonds is 4. The third kappa shape index (κ3) is 4.04. The van der Waals surface area contributed by atoms with E-state index in [1.807, 2.05) is 6.07 Å². The molecule has 0 spiro atoms. The van der Waals surface area contributed by atoms with Crippen molar-refractivity contribution in [1.82, 2.24) is 0 Å². The molecule has 2 rings (SSSR count). The second-order valence-corrected chi connectivity index (χ2v) is 7.17. The number of hydrogen-bond acceptors (Lipinski definition) is 5. The van der Waals surface area contributed by atoms with E-state index in [-0.39, 0.29) is 18.1 Å². The molecule has 0 saturated carbocycles. The monoisotopic (exact) mass is 311 g/mol. The lowest BCUT2D eigenvalue weighted by Crippen LogP contribution is -2.43. The molecule has 0 bridgehead atoms. The van der Waals surface area contributed by atoms with Crippen LogP contribution in [-0.4, -0.2) is 44.4 Å². The van der Waals surface area contributed by atoms with E-state index in [9.17, 15) is 18.0 Å². The largest absolute Gasteiger partial charge is 0.456 e. The Morgan fingerprint density at radius 1 is 1.29 bits per heavy atom. The van der Waals surface area contributed by atoms with Crippen LogP contribution >= 0.6 is 0 Å². The Labute approximate surface area is 123 Å². The number of carbonyl (C=O) groups excluding carboxylic acids is 2. The van der Waals surface area contributed by atoms with Crippen LogP contribution in [0.5, 0.6) is 0 Å². The molecule has 1 fully saturated rings. The molecule has 1 aliphatic heterocycles. The highest BCUT2D eigenvalue weighted by atomic mass is 32.2. The molecule has 1 aliphatic rings. The number of carbonyl (C=O) groups is 2. The quantitative estimate of drug-likeness (QED) is 0.767. The van der Waals surface area contributed by atoms with E-state index in [4.69, 9.17) is 4.74 Å². The van der Waals surface area contributed by atoms with Gasteiger partial charge in [0.25, 0.3) is 5.91 Å². The summed E-state index contributed by atoms with van der Waals surface area (Å²) >= 11 is 0. The van der Waals surface area contributed by atoms with Gasteiger partial charge in [0.15, 0.2) is 16.4 Å². The molecular formula is C14H17NO5S. The Morgan fingerprint density at radius 3 is 2.48 bits per heavy atom. The van der Waals surface area contributed by atoms with Crippen molar-refractivity contribution < 1.29 is 22.7 Å². The second kappa shape index (κ2) is 6.26. The van der Waals surface area contributed by atoms with E-state index in [0.29, 0.717) is 12.1 Å². The van der Waals surface area contributed by atoms with Crippen LogP contribution in [0.1, 0.15) is 13.3 Å². The molecule has 1 amide bonds. The molecular weight excluding hydrogens is 294 g/mol. The van der Waals surface area contributed by atoms with Crippen molar-refractivity contribution in [3.63, 3.8) is 0 Å². The first-order chi connectivity index (χ1) is 9.89. The zero-order valence-corrected chi connectivity index (χ0v) is 12.5. The van der Waals surface area contributed by atoms with Crippen molar-refractivity contribution in [3.8, 4) is 0 Å².